The van der Waals surface area contributed by atoms with Crippen LogP contribution in [-0.4, -0.2) is 22.9 Å². The topological polar surface area (TPSA) is 41.1 Å². The van der Waals surface area contributed by atoms with Gasteiger partial charge in [0.2, 0.25) is 0 Å². The number of ketones is 1. The quantitative estimate of drug-likeness (QED) is 0.737. The average Bonchev–Trinajstić information content (AvgIpc) is 2.57. The first-order valence-electron chi connectivity index (χ1n) is 9.26. The summed E-state index contributed by atoms with van der Waals surface area (Å²) in [6.45, 7) is 12.7. The van der Waals surface area contributed by atoms with E-state index in [-0.39, 0.29) is 28.9 Å². The number of Topliss-reactive ketones (excluding diaryl/α,β-unsaturated/α-hetero) is 1. The van der Waals surface area contributed by atoms with Crippen molar-refractivity contribution in [1.29, 1.82) is 0 Å². The fraction of sp³-hybridized carbons (Fsp3) is 0.435. The van der Waals surface area contributed by atoms with Crippen LogP contribution in [0.4, 0.5) is 0 Å². The van der Waals surface area contributed by atoms with E-state index in [1.807, 2.05) is 48.5 Å². The predicted molar refractivity (Wildman–Crippen MR) is 110 cm³/mol. The highest BCUT2D eigenvalue weighted by Gasteiger charge is 2.34. The van der Waals surface area contributed by atoms with Crippen molar-refractivity contribution >= 4 is 5.78 Å². The largest absolute Gasteiger partial charge is 0.303 e. The zero-order chi connectivity index (χ0) is 19.4. The maximum atomic E-state index is 13.4. The summed E-state index contributed by atoms with van der Waals surface area (Å²) in [4.78, 5) is 13.4. The summed E-state index contributed by atoms with van der Waals surface area (Å²) in [6, 6.07) is 19.2. The van der Waals surface area contributed by atoms with Crippen molar-refractivity contribution < 1.29 is 4.79 Å². The van der Waals surface area contributed by atoms with Crippen LogP contribution >= 0.6 is 0 Å². The van der Waals surface area contributed by atoms with Crippen LogP contribution in [0.5, 0.6) is 0 Å². The van der Waals surface area contributed by atoms with E-state index in [0.717, 1.165) is 11.1 Å². The number of nitrogens with one attached hydrogen (secondary N) is 2. The second-order valence-electron chi connectivity index (χ2n) is 8.88. The molecule has 2 aromatic rings. The van der Waals surface area contributed by atoms with E-state index in [0.29, 0.717) is 0 Å². The van der Waals surface area contributed by atoms with Crippen molar-refractivity contribution in [3.63, 3.8) is 0 Å². The van der Waals surface area contributed by atoms with Crippen LogP contribution in [0.2, 0.25) is 0 Å². The molecule has 3 heteroatoms. The van der Waals surface area contributed by atoms with Gasteiger partial charge >= 0.3 is 0 Å². The standard InChI is InChI=1S/C23H32N2O/c1-22(2,3)24-19(17-13-9-7-10-14-17)20(25-23(4,5)6)21(26)18-15-11-8-12-16-18/h7-16,19-20,24-25H,1-6H3. The summed E-state index contributed by atoms with van der Waals surface area (Å²) < 4.78 is 0. The molecule has 0 saturated carbocycles. The van der Waals surface area contributed by atoms with Crippen molar-refractivity contribution in [2.75, 3.05) is 0 Å². The van der Waals surface area contributed by atoms with Crippen molar-refractivity contribution in [2.24, 2.45) is 0 Å². The maximum Gasteiger partial charge on any atom is 0.181 e. The Morgan fingerprint density at radius 1 is 0.731 bits per heavy atom. The van der Waals surface area contributed by atoms with Crippen LogP contribution < -0.4 is 10.6 Å². The van der Waals surface area contributed by atoms with E-state index in [1.165, 1.54) is 0 Å². The Hall–Kier alpha value is -1.97. The van der Waals surface area contributed by atoms with Gasteiger partial charge in [0, 0.05) is 16.6 Å². The molecule has 3 nitrogen and oxygen atoms in total. The zero-order valence-electron chi connectivity index (χ0n) is 16.8. The molecule has 2 rings (SSSR count). The molecular weight excluding hydrogens is 320 g/mol. The minimum absolute atomic E-state index is 0.103. The highest BCUT2D eigenvalue weighted by Crippen LogP contribution is 2.25. The molecule has 140 valence electrons. The fourth-order valence-electron chi connectivity index (χ4n) is 3.03. The molecule has 0 heterocycles. The highest BCUT2D eigenvalue weighted by molar-refractivity contribution is 6.00. The summed E-state index contributed by atoms with van der Waals surface area (Å²) in [5.74, 6) is 0.103. The maximum absolute atomic E-state index is 13.4. The van der Waals surface area contributed by atoms with Crippen LogP contribution in [0.3, 0.4) is 0 Å². The first-order chi connectivity index (χ1) is 12.1. The fourth-order valence-corrected chi connectivity index (χ4v) is 3.03. The molecule has 0 spiro atoms. The van der Waals surface area contributed by atoms with Crippen LogP contribution in [0, 0.1) is 0 Å². The molecule has 2 unspecified atom stereocenters. The number of rotatable bonds is 6. The Bertz CT molecular complexity index is 696. The Morgan fingerprint density at radius 2 is 1.19 bits per heavy atom. The normalized spacial score (nSPS) is 14.7. The van der Waals surface area contributed by atoms with Gasteiger partial charge in [0.1, 0.15) is 0 Å². The molecule has 0 aliphatic carbocycles. The van der Waals surface area contributed by atoms with Gasteiger partial charge in [-0.05, 0) is 47.1 Å². The third-order valence-electron chi connectivity index (χ3n) is 4.01. The molecule has 26 heavy (non-hydrogen) atoms. The molecule has 0 saturated heterocycles. The molecule has 0 amide bonds. The lowest BCUT2D eigenvalue weighted by molar-refractivity contribution is 0.0887. The van der Waals surface area contributed by atoms with Gasteiger partial charge in [-0.3, -0.25) is 4.79 Å². The zero-order valence-corrected chi connectivity index (χ0v) is 16.8. The molecule has 2 aromatic carbocycles. The van der Waals surface area contributed by atoms with E-state index < -0.39 is 0 Å². The van der Waals surface area contributed by atoms with Gasteiger partial charge < -0.3 is 10.6 Å². The molecule has 0 radical (unpaired) electrons. The molecule has 0 aliphatic heterocycles. The van der Waals surface area contributed by atoms with Crippen LogP contribution in [0.1, 0.15) is 63.5 Å². The van der Waals surface area contributed by atoms with Crippen molar-refractivity contribution in [3.8, 4) is 0 Å². The molecule has 0 aromatic heterocycles. The predicted octanol–water partition coefficient (Wildman–Crippen LogP) is 4.76. The molecule has 2 N–H and O–H groups in total. The van der Waals surface area contributed by atoms with E-state index in [4.69, 9.17) is 0 Å². The van der Waals surface area contributed by atoms with Crippen LogP contribution in [-0.2, 0) is 0 Å². The second kappa shape index (κ2) is 8.15. The Labute approximate surface area is 158 Å². The van der Waals surface area contributed by atoms with Crippen molar-refractivity contribution in [1.82, 2.24) is 10.6 Å². The minimum atomic E-state index is -0.376. The van der Waals surface area contributed by atoms with E-state index in [1.54, 1.807) is 0 Å². The third kappa shape index (κ3) is 6.08. The monoisotopic (exact) mass is 352 g/mol. The number of benzene rings is 2. The molecule has 0 bridgehead atoms. The lowest BCUT2D eigenvalue weighted by Crippen LogP contribution is -2.56. The van der Waals surface area contributed by atoms with Gasteiger partial charge in [0.15, 0.2) is 5.78 Å². The van der Waals surface area contributed by atoms with E-state index >= 15 is 0 Å². The minimum Gasteiger partial charge on any atom is -0.303 e. The number of carbonyl (C=O) groups is 1. The van der Waals surface area contributed by atoms with Gasteiger partial charge in [0.25, 0.3) is 0 Å². The first kappa shape index (κ1) is 20.3. The smallest absolute Gasteiger partial charge is 0.181 e. The molecule has 2 atom stereocenters. The van der Waals surface area contributed by atoms with Gasteiger partial charge in [-0.1, -0.05) is 60.7 Å². The van der Waals surface area contributed by atoms with E-state index in [9.17, 15) is 4.79 Å². The second-order valence-corrected chi connectivity index (χ2v) is 8.88. The van der Waals surface area contributed by atoms with Crippen molar-refractivity contribution in [2.45, 2.75) is 64.7 Å². The summed E-state index contributed by atoms with van der Waals surface area (Å²) in [6.07, 6.45) is 0. The van der Waals surface area contributed by atoms with Crippen LogP contribution in [0.25, 0.3) is 0 Å². The summed E-state index contributed by atoms with van der Waals surface area (Å²) in [7, 11) is 0. The Morgan fingerprint density at radius 3 is 1.65 bits per heavy atom. The summed E-state index contributed by atoms with van der Waals surface area (Å²) in [5, 5.41) is 7.23. The number of hydrogen-bond donors (Lipinski definition) is 2. The number of hydrogen-bond acceptors (Lipinski definition) is 3. The molecule has 0 aliphatic rings. The van der Waals surface area contributed by atoms with Crippen molar-refractivity contribution in [3.05, 3.63) is 71.8 Å². The van der Waals surface area contributed by atoms with Crippen LogP contribution in [0.15, 0.2) is 60.7 Å². The third-order valence-corrected chi connectivity index (χ3v) is 4.01. The summed E-state index contributed by atoms with van der Waals surface area (Å²) in [5.41, 5.74) is 1.51. The SMILES string of the molecule is CC(C)(C)NC(C(=O)c1ccccc1)C(NC(C)(C)C)c1ccccc1. The van der Waals surface area contributed by atoms with E-state index in [2.05, 4.69) is 64.3 Å². The van der Waals surface area contributed by atoms with Gasteiger partial charge in [0.05, 0.1) is 12.1 Å². The highest BCUT2D eigenvalue weighted by atomic mass is 16.1. The lowest BCUT2D eigenvalue weighted by atomic mass is 9.89. The molecule has 0 fully saturated rings. The Balaban J connectivity index is 2.49. The van der Waals surface area contributed by atoms with Gasteiger partial charge in [-0.25, -0.2) is 0 Å². The molecular formula is C23H32N2O. The summed E-state index contributed by atoms with van der Waals surface area (Å²) >= 11 is 0. The average molecular weight is 353 g/mol. The van der Waals surface area contributed by atoms with Gasteiger partial charge in [-0.2, -0.15) is 0 Å². The first-order valence-corrected chi connectivity index (χ1v) is 9.26. The van der Waals surface area contributed by atoms with Gasteiger partial charge in [-0.15, -0.1) is 0 Å². The lowest BCUT2D eigenvalue weighted by Gasteiger charge is -2.38. The Kier molecular flexibility index (Phi) is 6.38. The number of carbonyl (C=O) groups excluding carboxylic acids is 1.